The maximum Gasteiger partial charge on any atom is 0.416 e. The van der Waals surface area contributed by atoms with E-state index in [-0.39, 0.29) is 11.6 Å². The van der Waals surface area contributed by atoms with Gasteiger partial charge in [0.2, 0.25) is 0 Å². The first-order chi connectivity index (χ1) is 13.6. The second kappa shape index (κ2) is 8.33. The monoisotopic (exact) mass is 419 g/mol. The molecule has 0 amide bonds. The highest BCUT2D eigenvalue weighted by Crippen LogP contribution is 2.38. The average molecular weight is 419 g/mol. The van der Waals surface area contributed by atoms with Crippen LogP contribution in [0.25, 0.3) is 0 Å². The zero-order valence-electron chi connectivity index (χ0n) is 15.3. The molecule has 1 aliphatic rings. The molecule has 2 aromatic rings. The van der Waals surface area contributed by atoms with Crippen LogP contribution in [0.4, 0.5) is 26.3 Å². The van der Waals surface area contributed by atoms with E-state index in [2.05, 4.69) is 5.32 Å². The van der Waals surface area contributed by atoms with Gasteiger partial charge in [-0.3, -0.25) is 0 Å². The van der Waals surface area contributed by atoms with Crippen molar-refractivity contribution in [3.05, 3.63) is 70.8 Å². The third-order valence-electron chi connectivity index (χ3n) is 4.60. The van der Waals surface area contributed by atoms with Gasteiger partial charge in [0, 0.05) is 6.54 Å². The first-order valence-electron chi connectivity index (χ1n) is 8.90. The smallest absolute Gasteiger partial charge is 0.349 e. The largest absolute Gasteiger partial charge is 0.416 e. The Balaban J connectivity index is 1.88. The molecule has 0 spiro atoms. The van der Waals surface area contributed by atoms with E-state index >= 15 is 0 Å². The molecule has 3 rings (SSSR count). The van der Waals surface area contributed by atoms with Crippen LogP contribution in [0.1, 0.15) is 41.3 Å². The van der Waals surface area contributed by atoms with Gasteiger partial charge in [-0.25, -0.2) is 0 Å². The van der Waals surface area contributed by atoms with Crippen LogP contribution in [-0.4, -0.2) is 19.4 Å². The van der Waals surface area contributed by atoms with E-state index in [0.717, 1.165) is 5.56 Å². The van der Waals surface area contributed by atoms with Crippen molar-refractivity contribution in [3.63, 3.8) is 0 Å². The molecule has 1 heterocycles. The molecule has 1 saturated heterocycles. The van der Waals surface area contributed by atoms with Gasteiger partial charge < -0.3 is 14.8 Å². The Hall–Kier alpha value is -2.10. The quantitative estimate of drug-likeness (QED) is 0.665. The first-order valence-corrected chi connectivity index (χ1v) is 8.90. The molecule has 1 N–H and O–H groups in total. The molecule has 0 radical (unpaired) electrons. The third kappa shape index (κ3) is 5.29. The minimum Gasteiger partial charge on any atom is -0.349 e. The first kappa shape index (κ1) is 21.6. The number of morpholine rings is 1. The molecule has 1 aliphatic heterocycles. The van der Waals surface area contributed by atoms with Crippen LogP contribution in [0.3, 0.4) is 0 Å². The van der Waals surface area contributed by atoms with E-state index in [4.69, 9.17) is 9.47 Å². The number of nitrogens with one attached hydrogen (secondary N) is 1. The van der Waals surface area contributed by atoms with Crippen molar-refractivity contribution < 1.29 is 35.8 Å². The summed E-state index contributed by atoms with van der Waals surface area (Å²) < 4.78 is 90.0. The number of hydrogen-bond acceptors (Lipinski definition) is 3. The summed E-state index contributed by atoms with van der Waals surface area (Å²) in [5.41, 5.74) is -2.14. The molecule has 2 aromatic carbocycles. The van der Waals surface area contributed by atoms with E-state index in [0.29, 0.717) is 25.3 Å². The molecule has 1 fully saturated rings. The molecular formula is C20H19F6NO2. The number of halogens is 6. The zero-order valence-corrected chi connectivity index (χ0v) is 15.3. The Kier molecular flexibility index (Phi) is 6.21. The summed E-state index contributed by atoms with van der Waals surface area (Å²) in [5.74, 6) is 0. The van der Waals surface area contributed by atoms with Gasteiger partial charge in [0.25, 0.3) is 0 Å². The number of ether oxygens (including phenoxy) is 2. The second-order valence-corrected chi connectivity index (χ2v) is 6.70. The van der Waals surface area contributed by atoms with Crippen LogP contribution in [0.2, 0.25) is 0 Å². The Labute approximate surface area is 163 Å². The predicted molar refractivity (Wildman–Crippen MR) is 92.9 cm³/mol. The van der Waals surface area contributed by atoms with Crippen LogP contribution < -0.4 is 5.32 Å². The summed E-state index contributed by atoms with van der Waals surface area (Å²) in [5, 5.41) is 3.20. The maximum absolute atomic E-state index is 13.1. The molecule has 29 heavy (non-hydrogen) atoms. The summed E-state index contributed by atoms with van der Waals surface area (Å²) in [6.45, 7) is 2.24. The lowest BCUT2D eigenvalue weighted by molar-refractivity contribution is -0.200. The van der Waals surface area contributed by atoms with Crippen molar-refractivity contribution in [2.24, 2.45) is 0 Å². The van der Waals surface area contributed by atoms with Gasteiger partial charge in [0.1, 0.15) is 0 Å². The lowest BCUT2D eigenvalue weighted by atomic mass is 10.0. The van der Waals surface area contributed by atoms with Crippen LogP contribution in [0.5, 0.6) is 0 Å². The summed E-state index contributed by atoms with van der Waals surface area (Å²) in [6.07, 6.45) is -11.8. The van der Waals surface area contributed by atoms with Gasteiger partial charge >= 0.3 is 12.4 Å². The fourth-order valence-electron chi connectivity index (χ4n) is 3.13. The lowest BCUT2D eigenvalue weighted by Crippen LogP contribution is -2.43. The van der Waals surface area contributed by atoms with E-state index in [1.165, 1.54) is 6.92 Å². The highest BCUT2D eigenvalue weighted by atomic mass is 19.4. The molecule has 3 atom stereocenters. The minimum atomic E-state index is -4.91. The molecule has 0 aliphatic carbocycles. The average Bonchev–Trinajstić information content (AvgIpc) is 2.67. The third-order valence-corrected chi connectivity index (χ3v) is 4.60. The molecule has 9 heteroatoms. The van der Waals surface area contributed by atoms with Gasteiger partial charge in [0.15, 0.2) is 6.29 Å². The molecule has 0 bridgehead atoms. The maximum atomic E-state index is 13.1. The van der Waals surface area contributed by atoms with Crippen molar-refractivity contribution in [1.82, 2.24) is 5.32 Å². The van der Waals surface area contributed by atoms with Gasteiger partial charge in [-0.2, -0.15) is 26.3 Å². The highest BCUT2D eigenvalue weighted by molar-refractivity contribution is 5.34. The van der Waals surface area contributed by atoms with Crippen molar-refractivity contribution in [3.8, 4) is 0 Å². The Morgan fingerprint density at radius 1 is 0.966 bits per heavy atom. The summed E-state index contributed by atoms with van der Waals surface area (Å²) >= 11 is 0. The van der Waals surface area contributed by atoms with Crippen LogP contribution in [0, 0.1) is 0 Å². The predicted octanol–water partition coefficient (Wildman–Crippen LogP) is 5.49. The lowest BCUT2D eigenvalue weighted by Gasteiger charge is -2.34. The Bertz CT molecular complexity index is 790. The fraction of sp³-hybridized carbons (Fsp3) is 0.400. The molecule has 3 nitrogen and oxygen atoms in total. The van der Waals surface area contributed by atoms with Crippen LogP contribution in [-0.2, 0) is 21.8 Å². The van der Waals surface area contributed by atoms with E-state index in [1.807, 2.05) is 30.3 Å². The van der Waals surface area contributed by atoms with Crippen molar-refractivity contribution >= 4 is 0 Å². The normalized spacial score (nSPS) is 21.8. The SMILES string of the molecule is C[C@@H](O[C@@H]1OCCN[C@H]1c1ccccc1)c1cc(C(F)(F)F)cc(C(F)(F)F)c1. The Morgan fingerprint density at radius 3 is 2.10 bits per heavy atom. The highest BCUT2D eigenvalue weighted by Gasteiger charge is 2.38. The molecule has 158 valence electrons. The van der Waals surface area contributed by atoms with Crippen molar-refractivity contribution in [2.45, 2.75) is 37.7 Å². The summed E-state index contributed by atoms with van der Waals surface area (Å²) in [6, 6.07) is 10.2. The van der Waals surface area contributed by atoms with E-state index in [1.54, 1.807) is 0 Å². The number of rotatable bonds is 4. The molecular weight excluding hydrogens is 400 g/mol. The number of alkyl halides is 6. The standard InChI is InChI=1S/C20H19F6NO2/c1-12(14-9-15(19(21,22)23)11-16(10-14)20(24,25)26)29-18-17(27-7-8-28-18)13-5-3-2-4-6-13/h2-6,9-12,17-18,27H,7-8H2,1H3/t12-,17+,18+/m1/s1. The van der Waals surface area contributed by atoms with Gasteiger partial charge in [-0.15, -0.1) is 0 Å². The van der Waals surface area contributed by atoms with Crippen LogP contribution in [0.15, 0.2) is 48.5 Å². The Morgan fingerprint density at radius 2 is 1.55 bits per heavy atom. The summed E-state index contributed by atoms with van der Waals surface area (Å²) in [4.78, 5) is 0. The van der Waals surface area contributed by atoms with E-state index in [9.17, 15) is 26.3 Å². The molecule has 0 aromatic heterocycles. The summed E-state index contributed by atoms with van der Waals surface area (Å²) in [7, 11) is 0. The second-order valence-electron chi connectivity index (χ2n) is 6.70. The minimum absolute atomic E-state index is 0.0989. The van der Waals surface area contributed by atoms with Crippen molar-refractivity contribution in [1.29, 1.82) is 0 Å². The van der Waals surface area contributed by atoms with E-state index < -0.39 is 41.9 Å². The number of hydrogen-bond donors (Lipinski definition) is 1. The topological polar surface area (TPSA) is 30.5 Å². The number of benzene rings is 2. The molecule has 0 saturated carbocycles. The fourth-order valence-corrected chi connectivity index (χ4v) is 3.13. The van der Waals surface area contributed by atoms with Gasteiger partial charge in [-0.05, 0) is 36.2 Å². The zero-order chi connectivity index (χ0) is 21.2. The molecule has 0 unspecified atom stereocenters. The van der Waals surface area contributed by atoms with Gasteiger partial charge in [0.05, 0.1) is 29.9 Å². The van der Waals surface area contributed by atoms with Crippen molar-refractivity contribution in [2.75, 3.05) is 13.2 Å². The van der Waals surface area contributed by atoms with Crippen LogP contribution >= 0.6 is 0 Å². The van der Waals surface area contributed by atoms with Gasteiger partial charge in [-0.1, -0.05) is 30.3 Å².